The molecule has 1 aromatic heterocycles. The zero-order chi connectivity index (χ0) is 19.0. The summed E-state index contributed by atoms with van der Waals surface area (Å²) in [6.45, 7) is 3.86. The number of amides is 2. The number of hydrogen-bond donors (Lipinski definition) is 2. The number of carbonyl (C=O) groups excluding carboxylic acids is 2. The van der Waals surface area contributed by atoms with Gasteiger partial charge < -0.3 is 10.6 Å². The Balaban J connectivity index is 1.49. The molecule has 5 nitrogen and oxygen atoms in total. The molecule has 6 heteroatoms. The first-order valence-electron chi connectivity index (χ1n) is 8.76. The first-order chi connectivity index (χ1) is 13.0. The van der Waals surface area contributed by atoms with E-state index in [-0.39, 0.29) is 24.2 Å². The molecule has 4 rings (SSSR count). The Hall–Kier alpha value is -2.99. The van der Waals surface area contributed by atoms with Crippen molar-refractivity contribution in [3.63, 3.8) is 0 Å². The van der Waals surface area contributed by atoms with E-state index in [9.17, 15) is 9.59 Å². The molecule has 1 aliphatic rings. The minimum atomic E-state index is -0.155. The van der Waals surface area contributed by atoms with Gasteiger partial charge in [-0.05, 0) is 43.2 Å². The van der Waals surface area contributed by atoms with E-state index in [0.29, 0.717) is 0 Å². The number of nitrogens with zero attached hydrogens (tertiary/aromatic N) is 1. The van der Waals surface area contributed by atoms with Gasteiger partial charge in [0.05, 0.1) is 18.0 Å². The molecule has 0 spiro atoms. The number of aromatic nitrogens is 1. The van der Waals surface area contributed by atoms with Crippen LogP contribution >= 0.6 is 11.3 Å². The fraction of sp³-hybridized carbons (Fsp3) is 0.190. The van der Waals surface area contributed by atoms with Gasteiger partial charge in [-0.3, -0.25) is 9.59 Å². The van der Waals surface area contributed by atoms with Crippen molar-refractivity contribution < 1.29 is 9.59 Å². The number of hydrogen-bond acceptors (Lipinski definition) is 4. The third-order valence-electron chi connectivity index (χ3n) is 4.75. The van der Waals surface area contributed by atoms with Gasteiger partial charge in [0.1, 0.15) is 5.01 Å². The van der Waals surface area contributed by atoms with Gasteiger partial charge in [0.25, 0.3) is 0 Å². The fourth-order valence-corrected chi connectivity index (χ4v) is 3.95. The van der Waals surface area contributed by atoms with Crippen LogP contribution in [0.5, 0.6) is 0 Å². The lowest BCUT2D eigenvalue weighted by molar-refractivity contribution is -0.117. The maximum absolute atomic E-state index is 12.3. The molecule has 2 heterocycles. The summed E-state index contributed by atoms with van der Waals surface area (Å²) < 4.78 is 0. The highest BCUT2D eigenvalue weighted by Crippen LogP contribution is 2.35. The zero-order valence-corrected chi connectivity index (χ0v) is 15.9. The van der Waals surface area contributed by atoms with Crippen LogP contribution in [0, 0.1) is 6.92 Å². The van der Waals surface area contributed by atoms with E-state index < -0.39 is 0 Å². The van der Waals surface area contributed by atoms with Crippen molar-refractivity contribution in [2.75, 3.05) is 10.6 Å². The van der Waals surface area contributed by atoms with E-state index in [0.717, 1.165) is 38.8 Å². The highest BCUT2D eigenvalue weighted by molar-refractivity contribution is 7.10. The van der Waals surface area contributed by atoms with Crippen molar-refractivity contribution in [1.82, 2.24) is 4.98 Å². The maximum atomic E-state index is 12.3. The number of aryl methyl sites for hydroxylation is 1. The monoisotopic (exact) mass is 377 g/mol. The Bertz CT molecular complexity index is 1040. The third-order valence-corrected chi connectivity index (χ3v) is 5.60. The van der Waals surface area contributed by atoms with Gasteiger partial charge in [-0.1, -0.05) is 24.3 Å². The summed E-state index contributed by atoms with van der Waals surface area (Å²) in [5, 5.41) is 8.52. The smallest absolute Gasteiger partial charge is 0.231 e. The number of nitrogens with one attached hydrogen (secondary N) is 2. The second-order valence-corrected chi connectivity index (χ2v) is 7.62. The normalized spacial score (nSPS) is 15.3. The van der Waals surface area contributed by atoms with Crippen molar-refractivity contribution in [2.45, 2.75) is 26.2 Å². The summed E-state index contributed by atoms with van der Waals surface area (Å²) in [6, 6.07) is 13.6. The van der Waals surface area contributed by atoms with Crippen LogP contribution in [0.3, 0.4) is 0 Å². The Morgan fingerprint density at radius 1 is 1.26 bits per heavy atom. The van der Waals surface area contributed by atoms with Gasteiger partial charge in [0, 0.05) is 22.3 Å². The average Bonchev–Trinajstić information content (AvgIpc) is 3.22. The summed E-state index contributed by atoms with van der Waals surface area (Å²) in [4.78, 5) is 28.7. The molecule has 3 aromatic rings. The highest BCUT2D eigenvalue weighted by Gasteiger charge is 2.26. The van der Waals surface area contributed by atoms with E-state index in [2.05, 4.69) is 15.6 Å². The lowest BCUT2D eigenvalue weighted by Crippen LogP contribution is -2.14. The quantitative estimate of drug-likeness (QED) is 0.710. The van der Waals surface area contributed by atoms with Crippen LogP contribution in [-0.2, 0) is 16.0 Å². The molecule has 2 N–H and O–H groups in total. The van der Waals surface area contributed by atoms with Gasteiger partial charge in [-0.2, -0.15) is 0 Å². The van der Waals surface area contributed by atoms with Crippen LogP contribution < -0.4 is 10.6 Å². The van der Waals surface area contributed by atoms with E-state index in [4.69, 9.17) is 0 Å². The number of carbonyl (C=O) groups is 2. The molecule has 27 heavy (non-hydrogen) atoms. The molecule has 2 amide bonds. The first-order valence-corrected chi connectivity index (χ1v) is 9.64. The minimum Gasteiger partial charge on any atom is -0.325 e. The number of thiazole rings is 1. The van der Waals surface area contributed by atoms with E-state index in [1.165, 1.54) is 11.3 Å². The Morgan fingerprint density at radius 3 is 2.89 bits per heavy atom. The predicted molar refractivity (Wildman–Crippen MR) is 108 cm³/mol. The Kier molecular flexibility index (Phi) is 4.49. The molecule has 1 atom stereocenters. The fourth-order valence-electron chi connectivity index (χ4n) is 3.15. The summed E-state index contributed by atoms with van der Waals surface area (Å²) in [5.74, 6) is -0.213. The SMILES string of the molecule is Cc1ccccc1NC(=O)Cc1nc(-c2ccc3c(c2)[C@@H](C)C(=O)N3)cs1. The molecule has 2 aromatic carbocycles. The second kappa shape index (κ2) is 6.96. The summed E-state index contributed by atoms with van der Waals surface area (Å²) in [7, 11) is 0. The largest absolute Gasteiger partial charge is 0.325 e. The molecule has 136 valence electrons. The molecular formula is C21H19N3O2S. The summed E-state index contributed by atoms with van der Waals surface area (Å²) in [6.07, 6.45) is 0.236. The number of rotatable bonds is 4. The zero-order valence-electron chi connectivity index (χ0n) is 15.1. The van der Waals surface area contributed by atoms with Crippen LogP contribution in [0.4, 0.5) is 11.4 Å². The molecule has 0 saturated heterocycles. The van der Waals surface area contributed by atoms with E-state index in [1.54, 1.807) is 0 Å². The van der Waals surface area contributed by atoms with E-state index in [1.807, 2.05) is 61.7 Å². The van der Waals surface area contributed by atoms with Gasteiger partial charge in [-0.25, -0.2) is 4.98 Å². The molecule has 0 saturated carbocycles. The number of para-hydroxylation sites is 1. The molecule has 0 aliphatic carbocycles. The molecule has 0 bridgehead atoms. The van der Waals surface area contributed by atoms with Crippen LogP contribution in [-0.4, -0.2) is 16.8 Å². The summed E-state index contributed by atoms with van der Waals surface area (Å²) in [5.41, 5.74) is 5.49. The lowest BCUT2D eigenvalue weighted by Gasteiger charge is -2.06. The van der Waals surface area contributed by atoms with Gasteiger partial charge in [-0.15, -0.1) is 11.3 Å². The van der Waals surface area contributed by atoms with Crippen molar-refractivity contribution in [2.24, 2.45) is 0 Å². The number of benzene rings is 2. The molecule has 0 radical (unpaired) electrons. The van der Waals surface area contributed by atoms with Crippen molar-refractivity contribution >= 4 is 34.5 Å². The maximum Gasteiger partial charge on any atom is 0.231 e. The standard InChI is InChI=1S/C21H19N3O2S/c1-12-5-3-4-6-16(12)22-19(25)10-20-23-18(11-27-20)14-7-8-17-15(9-14)13(2)21(26)24-17/h3-9,11,13H,10H2,1-2H3,(H,22,25)(H,24,26)/t13-/m1/s1. The Morgan fingerprint density at radius 2 is 2.07 bits per heavy atom. The van der Waals surface area contributed by atoms with Crippen molar-refractivity contribution in [3.05, 3.63) is 64.0 Å². The minimum absolute atomic E-state index is 0.0222. The second-order valence-electron chi connectivity index (χ2n) is 6.68. The van der Waals surface area contributed by atoms with E-state index >= 15 is 0 Å². The summed E-state index contributed by atoms with van der Waals surface area (Å²) >= 11 is 1.47. The number of fused-ring (bicyclic) bond motifs is 1. The van der Waals surface area contributed by atoms with Gasteiger partial charge in [0.15, 0.2) is 0 Å². The highest BCUT2D eigenvalue weighted by atomic mass is 32.1. The van der Waals surface area contributed by atoms with Crippen LogP contribution in [0.15, 0.2) is 47.8 Å². The van der Waals surface area contributed by atoms with Gasteiger partial charge >= 0.3 is 0 Å². The van der Waals surface area contributed by atoms with Crippen molar-refractivity contribution in [3.8, 4) is 11.3 Å². The first kappa shape index (κ1) is 17.4. The van der Waals surface area contributed by atoms with Crippen molar-refractivity contribution in [1.29, 1.82) is 0 Å². The average molecular weight is 377 g/mol. The molecule has 0 fully saturated rings. The topological polar surface area (TPSA) is 71.1 Å². The van der Waals surface area contributed by atoms with Crippen LogP contribution in [0.2, 0.25) is 0 Å². The molecular weight excluding hydrogens is 358 g/mol. The third kappa shape index (κ3) is 3.48. The van der Waals surface area contributed by atoms with Crippen LogP contribution in [0.1, 0.15) is 29.0 Å². The lowest BCUT2D eigenvalue weighted by atomic mass is 10.00. The molecule has 0 unspecified atom stereocenters. The van der Waals surface area contributed by atoms with Crippen LogP contribution in [0.25, 0.3) is 11.3 Å². The Labute approximate surface area is 161 Å². The molecule has 1 aliphatic heterocycles. The number of anilines is 2. The van der Waals surface area contributed by atoms with Gasteiger partial charge in [0.2, 0.25) is 11.8 Å². The predicted octanol–water partition coefficient (Wildman–Crippen LogP) is 4.36.